The lowest BCUT2D eigenvalue weighted by Gasteiger charge is -2.05. The molecular weight excluding hydrogens is 314 g/mol. The molecule has 0 aliphatic carbocycles. The van der Waals surface area contributed by atoms with Gasteiger partial charge in [0.1, 0.15) is 5.69 Å². The molecule has 0 atom stereocenters. The molecule has 2 aromatic carbocycles. The molecule has 0 saturated carbocycles. The van der Waals surface area contributed by atoms with Gasteiger partial charge in [-0.1, -0.05) is 18.2 Å². The largest absolute Gasteiger partial charge is 0.399 e. The second kappa shape index (κ2) is 7.27. The predicted octanol–water partition coefficient (Wildman–Crippen LogP) is 3.25. The fourth-order valence-electron chi connectivity index (χ4n) is 2.16. The topological polar surface area (TPSA) is 106 Å². The van der Waals surface area contributed by atoms with E-state index in [0.717, 1.165) is 5.56 Å². The number of nitrogens with zero attached hydrogens (tertiary/aromatic N) is 2. The van der Waals surface area contributed by atoms with E-state index < -0.39 is 0 Å². The van der Waals surface area contributed by atoms with Crippen molar-refractivity contribution < 1.29 is 4.79 Å². The Morgan fingerprint density at radius 2 is 1.84 bits per heavy atom. The summed E-state index contributed by atoms with van der Waals surface area (Å²) in [5.41, 5.74) is 15.3. The van der Waals surface area contributed by atoms with E-state index in [2.05, 4.69) is 15.3 Å². The smallest absolute Gasteiger partial charge is 0.274 e. The van der Waals surface area contributed by atoms with Gasteiger partial charge in [-0.05, 0) is 48.0 Å². The van der Waals surface area contributed by atoms with Crippen molar-refractivity contribution in [3.05, 3.63) is 78.1 Å². The van der Waals surface area contributed by atoms with Crippen LogP contribution in [0.15, 0.2) is 71.9 Å². The Labute approximate surface area is 145 Å². The van der Waals surface area contributed by atoms with Crippen LogP contribution in [0.25, 0.3) is 0 Å². The van der Waals surface area contributed by atoms with Gasteiger partial charge in [0.15, 0.2) is 0 Å². The molecule has 0 spiro atoms. The number of nitrogen functional groups attached to an aromatic ring is 2. The van der Waals surface area contributed by atoms with Crippen molar-refractivity contribution in [2.75, 3.05) is 16.8 Å². The van der Waals surface area contributed by atoms with E-state index in [4.69, 9.17) is 11.5 Å². The van der Waals surface area contributed by atoms with Crippen LogP contribution in [0.1, 0.15) is 16.1 Å². The highest BCUT2D eigenvalue weighted by molar-refractivity contribution is 6.03. The van der Waals surface area contributed by atoms with E-state index in [1.54, 1.807) is 60.9 Å². The van der Waals surface area contributed by atoms with Crippen LogP contribution in [-0.2, 0) is 0 Å². The lowest BCUT2D eigenvalue weighted by atomic mass is 10.2. The first kappa shape index (κ1) is 16.2. The van der Waals surface area contributed by atoms with E-state index in [-0.39, 0.29) is 5.91 Å². The number of amides is 1. The van der Waals surface area contributed by atoms with Crippen molar-refractivity contribution in [1.29, 1.82) is 0 Å². The van der Waals surface area contributed by atoms with Gasteiger partial charge in [0.25, 0.3) is 5.91 Å². The molecule has 0 radical (unpaired) electrons. The van der Waals surface area contributed by atoms with Crippen LogP contribution in [0.4, 0.5) is 22.7 Å². The molecule has 1 heterocycles. The molecule has 0 aliphatic heterocycles. The fraction of sp³-hybridized carbons (Fsp3) is 0. The number of anilines is 3. The number of aliphatic imine (C=N–C) groups is 1. The Morgan fingerprint density at radius 3 is 2.56 bits per heavy atom. The minimum Gasteiger partial charge on any atom is -0.399 e. The molecule has 1 aromatic heterocycles. The van der Waals surface area contributed by atoms with Crippen LogP contribution in [0.5, 0.6) is 0 Å². The summed E-state index contributed by atoms with van der Waals surface area (Å²) in [6.07, 6.45) is 3.27. The van der Waals surface area contributed by atoms with E-state index in [9.17, 15) is 4.79 Å². The van der Waals surface area contributed by atoms with Crippen LogP contribution in [0.3, 0.4) is 0 Å². The lowest BCUT2D eigenvalue weighted by molar-refractivity contribution is 0.102. The Balaban J connectivity index is 1.69. The number of rotatable bonds is 4. The highest BCUT2D eigenvalue weighted by Gasteiger charge is 2.06. The highest BCUT2D eigenvalue weighted by Crippen LogP contribution is 2.24. The quantitative estimate of drug-likeness (QED) is 0.504. The van der Waals surface area contributed by atoms with Gasteiger partial charge in [0.2, 0.25) is 0 Å². The lowest BCUT2D eigenvalue weighted by Crippen LogP contribution is -2.13. The van der Waals surface area contributed by atoms with Gasteiger partial charge in [-0.25, -0.2) is 0 Å². The van der Waals surface area contributed by atoms with Crippen LogP contribution in [0, 0.1) is 0 Å². The van der Waals surface area contributed by atoms with Gasteiger partial charge in [-0.3, -0.25) is 14.8 Å². The summed E-state index contributed by atoms with van der Waals surface area (Å²) in [4.78, 5) is 20.4. The number of hydrogen-bond donors (Lipinski definition) is 3. The van der Waals surface area contributed by atoms with E-state index in [1.165, 1.54) is 0 Å². The summed E-state index contributed by atoms with van der Waals surface area (Å²) in [6.45, 7) is 0. The molecule has 6 heteroatoms. The SMILES string of the molecule is Nc1ccc(N)c(N=Cc2ccc(NC(=O)c3ccccn3)cc2)c1. The minimum atomic E-state index is -0.255. The van der Waals surface area contributed by atoms with Crippen molar-refractivity contribution in [3.8, 4) is 0 Å². The summed E-state index contributed by atoms with van der Waals surface area (Å²) in [7, 11) is 0. The zero-order valence-corrected chi connectivity index (χ0v) is 13.4. The first-order chi connectivity index (χ1) is 12.1. The standard InChI is InChI=1S/C19H17N5O/c20-14-6-9-16(21)18(11-14)23-12-13-4-7-15(8-5-13)24-19(25)17-3-1-2-10-22-17/h1-12H,20-21H2,(H,24,25). The van der Waals surface area contributed by atoms with Crippen molar-refractivity contribution >= 4 is 34.9 Å². The average Bonchev–Trinajstić information content (AvgIpc) is 2.64. The summed E-state index contributed by atoms with van der Waals surface area (Å²) in [5.74, 6) is -0.255. The minimum absolute atomic E-state index is 0.255. The van der Waals surface area contributed by atoms with Gasteiger partial charge < -0.3 is 16.8 Å². The number of pyridine rings is 1. The number of benzene rings is 2. The molecule has 0 unspecified atom stereocenters. The second-order valence-electron chi connectivity index (χ2n) is 5.37. The van der Waals surface area contributed by atoms with E-state index >= 15 is 0 Å². The maximum absolute atomic E-state index is 12.1. The van der Waals surface area contributed by atoms with Gasteiger partial charge in [-0.2, -0.15) is 0 Å². The van der Waals surface area contributed by atoms with Crippen LogP contribution < -0.4 is 16.8 Å². The molecule has 1 amide bonds. The molecule has 0 fully saturated rings. The van der Waals surface area contributed by atoms with Crippen LogP contribution in [-0.4, -0.2) is 17.1 Å². The highest BCUT2D eigenvalue weighted by atomic mass is 16.1. The number of hydrogen-bond acceptors (Lipinski definition) is 5. The summed E-state index contributed by atoms with van der Waals surface area (Å²) in [6, 6.07) is 17.6. The molecule has 0 bridgehead atoms. The first-order valence-corrected chi connectivity index (χ1v) is 7.63. The van der Waals surface area contributed by atoms with Crippen molar-refractivity contribution in [2.45, 2.75) is 0 Å². The van der Waals surface area contributed by atoms with Crippen LogP contribution >= 0.6 is 0 Å². The third-order valence-corrected chi connectivity index (χ3v) is 3.47. The van der Waals surface area contributed by atoms with Gasteiger partial charge in [0.05, 0.1) is 11.4 Å². The maximum atomic E-state index is 12.1. The van der Waals surface area contributed by atoms with Crippen LogP contribution in [0.2, 0.25) is 0 Å². The van der Waals surface area contributed by atoms with Crippen molar-refractivity contribution in [1.82, 2.24) is 4.98 Å². The zero-order chi connectivity index (χ0) is 17.6. The Bertz CT molecular complexity index is 905. The number of carbonyl (C=O) groups excluding carboxylic acids is 1. The molecule has 25 heavy (non-hydrogen) atoms. The molecule has 3 aromatic rings. The van der Waals surface area contributed by atoms with Gasteiger partial charge in [-0.15, -0.1) is 0 Å². The normalized spacial score (nSPS) is 10.7. The van der Waals surface area contributed by atoms with Gasteiger partial charge in [0, 0.05) is 23.8 Å². The van der Waals surface area contributed by atoms with Crippen molar-refractivity contribution in [3.63, 3.8) is 0 Å². The number of nitrogens with one attached hydrogen (secondary N) is 1. The van der Waals surface area contributed by atoms with E-state index in [1.807, 2.05) is 12.1 Å². The van der Waals surface area contributed by atoms with Gasteiger partial charge >= 0.3 is 0 Å². The molecular formula is C19H17N5O. The third kappa shape index (κ3) is 4.20. The molecule has 5 N–H and O–H groups in total. The number of aromatic nitrogens is 1. The van der Waals surface area contributed by atoms with E-state index in [0.29, 0.717) is 28.4 Å². The number of carbonyl (C=O) groups is 1. The molecule has 3 rings (SSSR count). The Hall–Kier alpha value is -3.67. The monoisotopic (exact) mass is 331 g/mol. The third-order valence-electron chi connectivity index (χ3n) is 3.47. The zero-order valence-electron chi connectivity index (χ0n) is 13.4. The fourth-order valence-corrected chi connectivity index (χ4v) is 2.16. The predicted molar refractivity (Wildman–Crippen MR) is 101 cm³/mol. The first-order valence-electron chi connectivity index (χ1n) is 7.63. The second-order valence-corrected chi connectivity index (χ2v) is 5.37. The number of nitrogens with two attached hydrogens (primary N) is 2. The van der Waals surface area contributed by atoms with Crippen molar-refractivity contribution in [2.24, 2.45) is 4.99 Å². The molecule has 0 aliphatic rings. The Kier molecular flexibility index (Phi) is 4.71. The molecule has 124 valence electrons. The maximum Gasteiger partial charge on any atom is 0.274 e. The summed E-state index contributed by atoms with van der Waals surface area (Å²) < 4.78 is 0. The Morgan fingerprint density at radius 1 is 1.04 bits per heavy atom. The average molecular weight is 331 g/mol. The summed E-state index contributed by atoms with van der Waals surface area (Å²) >= 11 is 0. The molecule has 0 saturated heterocycles. The molecule has 6 nitrogen and oxygen atoms in total. The summed E-state index contributed by atoms with van der Waals surface area (Å²) in [5, 5.41) is 2.79.